The summed E-state index contributed by atoms with van der Waals surface area (Å²) >= 11 is 0. The molecule has 1 unspecified atom stereocenters. The van der Waals surface area contributed by atoms with E-state index in [9.17, 15) is 4.79 Å². The van der Waals surface area contributed by atoms with Crippen LogP contribution in [0.25, 0.3) is 0 Å². The maximum absolute atomic E-state index is 10.6. The minimum Gasteiger partial charge on any atom is -0.480 e. The predicted molar refractivity (Wildman–Crippen MR) is 60.9 cm³/mol. The second kappa shape index (κ2) is 7.62. The molecule has 0 heterocycles. The van der Waals surface area contributed by atoms with E-state index >= 15 is 0 Å². The molecule has 0 aromatic carbocycles. The summed E-state index contributed by atoms with van der Waals surface area (Å²) in [5.74, 6) is -0.930. The molecule has 0 spiro atoms. The second-order valence-electron chi connectivity index (χ2n) is 3.99. The summed E-state index contributed by atoms with van der Waals surface area (Å²) in [5.41, 5.74) is 5.47. The van der Waals surface area contributed by atoms with Crippen molar-refractivity contribution in [3.63, 3.8) is 0 Å². The van der Waals surface area contributed by atoms with Crippen molar-refractivity contribution in [1.82, 2.24) is 9.80 Å². The molecular formula is C10H23N3O2. The molecule has 0 saturated heterocycles. The van der Waals surface area contributed by atoms with Gasteiger partial charge in [0.15, 0.2) is 0 Å². The van der Waals surface area contributed by atoms with Crippen molar-refractivity contribution in [1.29, 1.82) is 0 Å². The van der Waals surface area contributed by atoms with Crippen molar-refractivity contribution >= 4 is 5.97 Å². The number of carbonyl (C=O) groups is 1. The molecule has 5 heteroatoms. The molecule has 0 bridgehead atoms. The van der Waals surface area contributed by atoms with Gasteiger partial charge in [0.25, 0.3) is 0 Å². The first-order chi connectivity index (χ1) is 6.97. The van der Waals surface area contributed by atoms with Gasteiger partial charge in [-0.15, -0.1) is 0 Å². The largest absolute Gasteiger partial charge is 0.480 e. The first kappa shape index (κ1) is 14.3. The fourth-order valence-electron chi connectivity index (χ4n) is 1.35. The zero-order valence-electron chi connectivity index (χ0n) is 9.94. The van der Waals surface area contributed by atoms with Crippen LogP contribution < -0.4 is 5.73 Å². The van der Waals surface area contributed by atoms with Gasteiger partial charge in [0.05, 0.1) is 0 Å². The molecule has 0 aliphatic carbocycles. The summed E-state index contributed by atoms with van der Waals surface area (Å²) in [5, 5.41) is 8.68. The number of rotatable bonds is 8. The van der Waals surface area contributed by atoms with Crippen LogP contribution in [0.1, 0.15) is 13.3 Å². The van der Waals surface area contributed by atoms with E-state index in [1.807, 2.05) is 21.0 Å². The van der Waals surface area contributed by atoms with Gasteiger partial charge in [-0.3, -0.25) is 4.79 Å². The monoisotopic (exact) mass is 217 g/mol. The normalized spacial score (nSPS) is 13.5. The highest BCUT2D eigenvalue weighted by Gasteiger charge is 2.14. The van der Waals surface area contributed by atoms with Crippen molar-refractivity contribution in [2.45, 2.75) is 19.4 Å². The van der Waals surface area contributed by atoms with Gasteiger partial charge in [-0.1, -0.05) is 6.92 Å². The van der Waals surface area contributed by atoms with Gasteiger partial charge in [-0.25, -0.2) is 0 Å². The molecule has 15 heavy (non-hydrogen) atoms. The van der Waals surface area contributed by atoms with E-state index in [2.05, 4.69) is 9.80 Å². The summed E-state index contributed by atoms with van der Waals surface area (Å²) in [6.45, 7) is 5.20. The Balaban J connectivity index is 3.77. The molecule has 0 radical (unpaired) electrons. The van der Waals surface area contributed by atoms with E-state index in [4.69, 9.17) is 10.8 Å². The van der Waals surface area contributed by atoms with E-state index in [1.165, 1.54) is 0 Å². The molecule has 5 nitrogen and oxygen atoms in total. The van der Waals surface area contributed by atoms with Gasteiger partial charge in [0, 0.05) is 6.54 Å². The Morgan fingerprint density at radius 3 is 2.40 bits per heavy atom. The van der Waals surface area contributed by atoms with Gasteiger partial charge in [0.2, 0.25) is 0 Å². The lowest BCUT2D eigenvalue weighted by molar-refractivity contribution is -0.139. The van der Waals surface area contributed by atoms with Gasteiger partial charge in [-0.05, 0) is 40.2 Å². The fraction of sp³-hybridized carbons (Fsp3) is 0.900. The summed E-state index contributed by atoms with van der Waals surface area (Å²) in [6, 6.07) is -0.774. The third-order valence-electron chi connectivity index (χ3n) is 2.30. The van der Waals surface area contributed by atoms with Crippen molar-refractivity contribution in [2.24, 2.45) is 5.73 Å². The number of aliphatic carboxylic acids is 1. The van der Waals surface area contributed by atoms with Crippen LogP contribution in [0.5, 0.6) is 0 Å². The standard InChI is InChI=1S/C10H23N3O2/c1-4-13(7-5-6-12(2)3)8-9(11)10(14)15/h9H,4-8,11H2,1-3H3,(H,14,15). The third kappa shape index (κ3) is 7.30. The number of carboxylic acid groups (broad SMARTS) is 1. The summed E-state index contributed by atoms with van der Waals surface area (Å²) in [4.78, 5) is 14.8. The first-order valence-electron chi connectivity index (χ1n) is 5.32. The van der Waals surface area contributed by atoms with Crippen LogP contribution in [0.4, 0.5) is 0 Å². The molecule has 0 aliphatic rings. The molecule has 0 amide bonds. The van der Waals surface area contributed by atoms with Crippen LogP contribution in [0.2, 0.25) is 0 Å². The van der Waals surface area contributed by atoms with Crippen LogP contribution in [0.15, 0.2) is 0 Å². The molecule has 0 aromatic heterocycles. The quantitative estimate of drug-likeness (QED) is 0.583. The Morgan fingerprint density at radius 1 is 1.40 bits per heavy atom. The van der Waals surface area contributed by atoms with E-state index in [1.54, 1.807) is 0 Å². The van der Waals surface area contributed by atoms with Crippen LogP contribution in [-0.2, 0) is 4.79 Å². The average molecular weight is 217 g/mol. The van der Waals surface area contributed by atoms with Gasteiger partial charge >= 0.3 is 5.97 Å². The molecule has 90 valence electrons. The Bertz CT molecular complexity index is 186. The number of nitrogens with zero attached hydrogens (tertiary/aromatic N) is 2. The zero-order chi connectivity index (χ0) is 11.8. The lowest BCUT2D eigenvalue weighted by atomic mass is 10.2. The molecule has 0 rings (SSSR count). The lowest BCUT2D eigenvalue weighted by Gasteiger charge is -2.23. The van der Waals surface area contributed by atoms with E-state index in [0.717, 1.165) is 26.1 Å². The predicted octanol–water partition coefficient (Wildman–Crippen LogP) is -0.328. The Kier molecular flexibility index (Phi) is 7.29. The maximum Gasteiger partial charge on any atom is 0.321 e. The minimum absolute atomic E-state index is 0.430. The summed E-state index contributed by atoms with van der Waals surface area (Å²) in [6.07, 6.45) is 1.03. The Hall–Kier alpha value is -0.650. The Morgan fingerprint density at radius 2 is 2.00 bits per heavy atom. The fourth-order valence-corrected chi connectivity index (χ4v) is 1.35. The highest BCUT2D eigenvalue weighted by molar-refractivity contribution is 5.73. The van der Waals surface area contributed by atoms with E-state index in [-0.39, 0.29) is 0 Å². The SMILES string of the molecule is CCN(CCCN(C)C)CC(N)C(=O)O. The number of hydrogen-bond donors (Lipinski definition) is 2. The van der Waals surface area contributed by atoms with Crippen LogP contribution in [0.3, 0.4) is 0 Å². The van der Waals surface area contributed by atoms with Crippen molar-refractivity contribution in [3.8, 4) is 0 Å². The van der Waals surface area contributed by atoms with Crippen molar-refractivity contribution in [2.75, 3.05) is 40.3 Å². The van der Waals surface area contributed by atoms with Crippen LogP contribution >= 0.6 is 0 Å². The summed E-state index contributed by atoms with van der Waals surface area (Å²) in [7, 11) is 4.05. The van der Waals surface area contributed by atoms with Gasteiger partial charge in [0.1, 0.15) is 6.04 Å². The number of nitrogens with two attached hydrogens (primary N) is 1. The van der Waals surface area contributed by atoms with E-state index in [0.29, 0.717) is 6.54 Å². The smallest absolute Gasteiger partial charge is 0.321 e. The minimum atomic E-state index is -0.930. The maximum atomic E-state index is 10.6. The van der Waals surface area contributed by atoms with Crippen LogP contribution in [0, 0.1) is 0 Å². The average Bonchev–Trinajstić information content (AvgIpc) is 2.15. The van der Waals surface area contributed by atoms with Crippen LogP contribution in [-0.4, -0.2) is 67.2 Å². The Labute approximate surface area is 91.8 Å². The highest BCUT2D eigenvalue weighted by atomic mass is 16.4. The molecular weight excluding hydrogens is 194 g/mol. The van der Waals surface area contributed by atoms with Crippen molar-refractivity contribution in [3.05, 3.63) is 0 Å². The molecule has 0 aliphatic heterocycles. The highest BCUT2D eigenvalue weighted by Crippen LogP contribution is 1.94. The first-order valence-corrected chi connectivity index (χ1v) is 5.32. The number of hydrogen-bond acceptors (Lipinski definition) is 4. The summed E-state index contributed by atoms with van der Waals surface area (Å²) < 4.78 is 0. The third-order valence-corrected chi connectivity index (χ3v) is 2.30. The van der Waals surface area contributed by atoms with Crippen molar-refractivity contribution < 1.29 is 9.90 Å². The zero-order valence-corrected chi connectivity index (χ0v) is 9.94. The van der Waals surface area contributed by atoms with E-state index < -0.39 is 12.0 Å². The number of carboxylic acids is 1. The molecule has 0 saturated carbocycles. The van der Waals surface area contributed by atoms with Gasteiger partial charge in [-0.2, -0.15) is 0 Å². The van der Waals surface area contributed by atoms with Gasteiger partial charge < -0.3 is 20.6 Å². The topological polar surface area (TPSA) is 69.8 Å². The molecule has 1 atom stereocenters. The number of likely N-dealkylation sites (N-methyl/N-ethyl adjacent to an activating group) is 1. The molecule has 0 aromatic rings. The molecule has 3 N–H and O–H groups in total. The second-order valence-corrected chi connectivity index (χ2v) is 3.99. The molecule has 0 fully saturated rings. The lowest BCUT2D eigenvalue weighted by Crippen LogP contribution is -2.43.